The normalized spacial score (nSPS) is 12.6. The number of likely N-dealkylation sites (N-methyl/N-ethyl adjacent to an activating group) is 1. The van der Waals surface area contributed by atoms with Crippen LogP contribution in [0, 0.1) is 5.82 Å². The van der Waals surface area contributed by atoms with Gasteiger partial charge in [0.2, 0.25) is 0 Å². The highest BCUT2D eigenvalue weighted by Gasteiger charge is 2.27. The zero-order chi connectivity index (χ0) is 15.6. The van der Waals surface area contributed by atoms with E-state index in [0.29, 0.717) is 12.2 Å². The molecular formula is C16H27FN2O. The van der Waals surface area contributed by atoms with Crippen molar-refractivity contribution in [1.29, 1.82) is 0 Å². The van der Waals surface area contributed by atoms with E-state index in [1.54, 1.807) is 6.07 Å². The van der Waals surface area contributed by atoms with Crippen LogP contribution in [0.5, 0.6) is 0 Å². The maximum atomic E-state index is 14.2. The Labute approximate surface area is 121 Å². The Morgan fingerprint density at radius 3 is 2.30 bits per heavy atom. The number of aliphatic hydroxyl groups excluding tert-OH is 1. The van der Waals surface area contributed by atoms with Gasteiger partial charge in [0, 0.05) is 19.1 Å². The molecule has 0 fully saturated rings. The van der Waals surface area contributed by atoms with Gasteiger partial charge in [-0.3, -0.25) is 0 Å². The lowest BCUT2D eigenvalue weighted by atomic mass is 10.0. The number of hydrogen-bond acceptors (Lipinski definition) is 3. The maximum Gasteiger partial charge on any atom is 0.146 e. The Bertz CT molecular complexity index is 452. The molecule has 0 aliphatic carbocycles. The average Bonchev–Trinajstić information content (AvgIpc) is 2.34. The minimum atomic E-state index is -0.515. The number of aliphatic hydroxyl groups is 1. The third kappa shape index (κ3) is 4.18. The molecule has 1 rings (SSSR count). The molecule has 0 saturated carbocycles. The second kappa shape index (κ2) is 6.10. The van der Waals surface area contributed by atoms with Gasteiger partial charge in [0.05, 0.1) is 17.8 Å². The maximum absolute atomic E-state index is 14.2. The Morgan fingerprint density at radius 1 is 1.20 bits per heavy atom. The molecule has 0 heterocycles. The van der Waals surface area contributed by atoms with E-state index in [0.717, 1.165) is 5.56 Å². The van der Waals surface area contributed by atoms with Crippen molar-refractivity contribution >= 4 is 5.69 Å². The lowest BCUT2D eigenvalue weighted by Crippen LogP contribution is -2.45. The first-order chi connectivity index (χ1) is 9.08. The van der Waals surface area contributed by atoms with Crippen molar-refractivity contribution in [1.82, 2.24) is 5.32 Å². The molecule has 0 unspecified atom stereocenters. The predicted molar refractivity (Wildman–Crippen MR) is 82.6 cm³/mol. The number of rotatable bonds is 5. The molecule has 20 heavy (non-hydrogen) atoms. The molecule has 2 N–H and O–H groups in total. The molecule has 0 amide bonds. The largest absolute Gasteiger partial charge is 0.394 e. The summed E-state index contributed by atoms with van der Waals surface area (Å²) < 4.78 is 14.2. The summed E-state index contributed by atoms with van der Waals surface area (Å²) in [6.45, 7) is 10.6. The fourth-order valence-corrected chi connectivity index (χ4v) is 1.85. The molecule has 1 aromatic rings. The van der Waals surface area contributed by atoms with Crippen molar-refractivity contribution in [3.8, 4) is 0 Å². The molecule has 1 aromatic carbocycles. The van der Waals surface area contributed by atoms with E-state index in [1.165, 1.54) is 6.07 Å². The Balaban J connectivity index is 3.12. The van der Waals surface area contributed by atoms with Gasteiger partial charge in [-0.25, -0.2) is 4.39 Å². The standard InChI is InChI=1S/C16H27FN2O/c1-15(2,3)18-10-12-8-7-9-13(17)14(12)19(6)16(4,5)11-20/h7-9,18,20H,10-11H2,1-6H3. The van der Waals surface area contributed by atoms with Gasteiger partial charge in [0.1, 0.15) is 5.82 Å². The summed E-state index contributed by atoms with van der Waals surface area (Å²) in [5.41, 5.74) is 0.889. The molecule has 0 saturated heterocycles. The summed E-state index contributed by atoms with van der Waals surface area (Å²) in [6, 6.07) is 5.10. The minimum Gasteiger partial charge on any atom is -0.394 e. The van der Waals surface area contributed by atoms with Gasteiger partial charge in [-0.2, -0.15) is 0 Å². The van der Waals surface area contributed by atoms with Crippen molar-refractivity contribution < 1.29 is 9.50 Å². The van der Waals surface area contributed by atoms with Gasteiger partial charge in [-0.15, -0.1) is 0 Å². The van der Waals surface area contributed by atoms with Crippen molar-refractivity contribution in [2.45, 2.75) is 52.2 Å². The monoisotopic (exact) mass is 282 g/mol. The van der Waals surface area contributed by atoms with E-state index in [2.05, 4.69) is 26.1 Å². The third-order valence-electron chi connectivity index (χ3n) is 3.51. The molecular weight excluding hydrogens is 255 g/mol. The summed E-state index contributed by atoms with van der Waals surface area (Å²) in [6.07, 6.45) is 0. The molecule has 114 valence electrons. The molecule has 0 radical (unpaired) electrons. The van der Waals surface area contributed by atoms with Crippen LogP contribution < -0.4 is 10.2 Å². The van der Waals surface area contributed by atoms with E-state index in [9.17, 15) is 9.50 Å². The Hall–Kier alpha value is -1.13. The quantitative estimate of drug-likeness (QED) is 0.871. The summed E-state index contributed by atoms with van der Waals surface area (Å²) in [5, 5.41) is 12.9. The van der Waals surface area contributed by atoms with Gasteiger partial charge < -0.3 is 15.3 Å². The molecule has 0 bridgehead atoms. The SMILES string of the molecule is CN(c1c(F)cccc1CNC(C)(C)C)C(C)(C)CO. The van der Waals surface area contributed by atoms with Crippen LogP contribution in [0.2, 0.25) is 0 Å². The van der Waals surface area contributed by atoms with Crippen LogP contribution in [-0.4, -0.2) is 29.8 Å². The van der Waals surface area contributed by atoms with Crippen LogP contribution in [0.4, 0.5) is 10.1 Å². The number of anilines is 1. The number of para-hydroxylation sites is 1. The number of benzene rings is 1. The average molecular weight is 282 g/mol. The fraction of sp³-hybridized carbons (Fsp3) is 0.625. The molecule has 0 atom stereocenters. The first-order valence-corrected chi connectivity index (χ1v) is 6.95. The van der Waals surface area contributed by atoms with Crippen LogP contribution in [-0.2, 0) is 6.54 Å². The van der Waals surface area contributed by atoms with Gasteiger partial charge in [-0.1, -0.05) is 12.1 Å². The van der Waals surface area contributed by atoms with E-state index < -0.39 is 5.54 Å². The second-order valence-electron chi connectivity index (χ2n) is 6.88. The van der Waals surface area contributed by atoms with Crippen molar-refractivity contribution in [3.05, 3.63) is 29.6 Å². The van der Waals surface area contributed by atoms with Gasteiger partial charge in [0.15, 0.2) is 0 Å². The second-order valence-corrected chi connectivity index (χ2v) is 6.88. The minimum absolute atomic E-state index is 0.0331. The van der Waals surface area contributed by atoms with E-state index in [4.69, 9.17) is 0 Å². The van der Waals surface area contributed by atoms with Crippen LogP contribution in [0.1, 0.15) is 40.2 Å². The molecule has 0 spiro atoms. The number of nitrogens with one attached hydrogen (secondary N) is 1. The van der Waals surface area contributed by atoms with Gasteiger partial charge in [0.25, 0.3) is 0 Å². The molecule has 0 aromatic heterocycles. The molecule has 0 aliphatic rings. The summed E-state index contributed by atoms with van der Waals surface area (Å²) in [5.74, 6) is -0.262. The van der Waals surface area contributed by atoms with Gasteiger partial charge >= 0.3 is 0 Å². The van der Waals surface area contributed by atoms with Crippen LogP contribution in [0.3, 0.4) is 0 Å². The van der Waals surface area contributed by atoms with Gasteiger partial charge in [-0.05, 0) is 46.2 Å². The Kier molecular flexibility index (Phi) is 5.16. The van der Waals surface area contributed by atoms with Crippen LogP contribution in [0.25, 0.3) is 0 Å². The third-order valence-corrected chi connectivity index (χ3v) is 3.51. The molecule has 0 aliphatic heterocycles. The number of hydrogen-bond donors (Lipinski definition) is 2. The zero-order valence-corrected chi connectivity index (χ0v) is 13.4. The van der Waals surface area contributed by atoms with Crippen molar-refractivity contribution in [2.75, 3.05) is 18.6 Å². The fourth-order valence-electron chi connectivity index (χ4n) is 1.85. The van der Waals surface area contributed by atoms with Crippen LogP contribution >= 0.6 is 0 Å². The topological polar surface area (TPSA) is 35.5 Å². The summed E-state index contributed by atoms with van der Waals surface area (Å²) in [7, 11) is 1.81. The van der Waals surface area contributed by atoms with Crippen molar-refractivity contribution in [3.63, 3.8) is 0 Å². The lowest BCUT2D eigenvalue weighted by molar-refractivity contribution is 0.215. The number of halogens is 1. The van der Waals surface area contributed by atoms with E-state index in [-0.39, 0.29) is 18.0 Å². The zero-order valence-electron chi connectivity index (χ0n) is 13.4. The van der Waals surface area contributed by atoms with Crippen molar-refractivity contribution in [2.24, 2.45) is 0 Å². The van der Waals surface area contributed by atoms with E-state index in [1.807, 2.05) is 31.9 Å². The smallest absolute Gasteiger partial charge is 0.146 e. The lowest BCUT2D eigenvalue weighted by Gasteiger charge is -2.37. The van der Waals surface area contributed by atoms with Crippen LogP contribution in [0.15, 0.2) is 18.2 Å². The highest BCUT2D eigenvalue weighted by atomic mass is 19.1. The highest BCUT2D eigenvalue weighted by Crippen LogP contribution is 2.29. The first kappa shape index (κ1) is 16.9. The number of nitrogens with zero attached hydrogens (tertiary/aromatic N) is 1. The first-order valence-electron chi connectivity index (χ1n) is 6.95. The van der Waals surface area contributed by atoms with E-state index >= 15 is 0 Å². The summed E-state index contributed by atoms with van der Waals surface area (Å²) in [4.78, 5) is 1.81. The molecule has 3 nitrogen and oxygen atoms in total. The predicted octanol–water partition coefficient (Wildman–Crippen LogP) is 2.92. The molecule has 4 heteroatoms. The Morgan fingerprint density at radius 2 is 1.80 bits per heavy atom. The highest BCUT2D eigenvalue weighted by molar-refractivity contribution is 5.56. The summed E-state index contributed by atoms with van der Waals surface area (Å²) >= 11 is 0.